The molecule has 108 valence electrons. The van der Waals surface area contributed by atoms with Gasteiger partial charge in [0.1, 0.15) is 0 Å². The summed E-state index contributed by atoms with van der Waals surface area (Å²) >= 11 is 5.92. The molecule has 2 rings (SSSR count). The Bertz CT molecular complexity index is 572. The quantitative estimate of drug-likeness (QED) is 0.913. The molecule has 0 saturated carbocycles. The first-order valence-electron chi connectivity index (χ1n) is 6.96. The van der Waals surface area contributed by atoms with Crippen molar-refractivity contribution in [1.82, 2.24) is 15.1 Å². The van der Waals surface area contributed by atoms with Crippen LogP contribution >= 0.6 is 11.6 Å². The standard InChI is InChI=1S/C16H22ClN3/c1-11(9-18-4)16-12(2)19-20(13(16)3)10-14-5-7-15(17)8-6-14/h5-8,11,18H,9-10H2,1-4H3. The monoisotopic (exact) mass is 291 g/mol. The van der Waals surface area contributed by atoms with E-state index in [0.29, 0.717) is 5.92 Å². The fraction of sp³-hybridized carbons (Fsp3) is 0.438. The molecule has 0 bridgehead atoms. The molecule has 1 N–H and O–H groups in total. The highest BCUT2D eigenvalue weighted by Crippen LogP contribution is 2.23. The Hall–Kier alpha value is -1.32. The fourth-order valence-corrected chi connectivity index (χ4v) is 2.87. The average molecular weight is 292 g/mol. The SMILES string of the molecule is CNCC(C)c1c(C)nn(Cc2ccc(Cl)cc2)c1C. The first kappa shape index (κ1) is 15.1. The molecule has 0 aliphatic heterocycles. The minimum Gasteiger partial charge on any atom is -0.319 e. The highest BCUT2D eigenvalue weighted by Gasteiger charge is 2.17. The van der Waals surface area contributed by atoms with E-state index in [9.17, 15) is 0 Å². The van der Waals surface area contributed by atoms with Crippen LogP contribution in [0.2, 0.25) is 5.02 Å². The number of nitrogens with one attached hydrogen (secondary N) is 1. The molecule has 3 nitrogen and oxygen atoms in total. The van der Waals surface area contributed by atoms with Gasteiger partial charge in [0.25, 0.3) is 0 Å². The van der Waals surface area contributed by atoms with Gasteiger partial charge in [-0.2, -0.15) is 5.10 Å². The summed E-state index contributed by atoms with van der Waals surface area (Å²) < 4.78 is 2.08. The predicted octanol–water partition coefficient (Wildman–Crippen LogP) is 3.52. The first-order valence-corrected chi connectivity index (χ1v) is 7.33. The summed E-state index contributed by atoms with van der Waals surface area (Å²) in [6, 6.07) is 7.95. The smallest absolute Gasteiger partial charge is 0.0662 e. The molecule has 0 radical (unpaired) electrons. The van der Waals surface area contributed by atoms with E-state index in [2.05, 4.69) is 48.0 Å². The van der Waals surface area contributed by atoms with Gasteiger partial charge in [-0.3, -0.25) is 4.68 Å². The largest absolute Gasteiger partial charge is 0.319 e. The molecule has 1 atom stereocenters. The average Bonchev–Trinajstić information content (AvgIpc) is 2.67. The van der Waals surface area contributed by atoms with Gasteiger partial charge >= 0.3 is 0 Å². The number of aromatic nitrogens is 2. The molecule has 0 amide bonds. The van der Waals surface area contributed by atoms with Gasteiger partial charge in [0.15, 0.2) is 0 Å². The van der Waals surface area contributed by atoms with Crippen molar-refractivity contribution in [3.63, 3.8) is 0 Å². The Kier molecular flexibility index (Phi) is 4.84. The van der Waals surface area contributed by atoms with E-state index in [4.69, 9.17) is 11.6 Å². The van der Waals surface area contributed by atoms with Crippen LogP contribution < -0.4 is 5.32 Å². The summed E-state index contributed by atoms with van der Waals surface area (Å²) in [5, 5.41) is 8.69. The molecule has 1 aromatic carbocycles. The third-order valence-corrected chi connectivity index (χ3v) is 3.94. The second-order valence-corrected chi connectivity index (χ2v) is 5.76. The van der Waals surface area contributed by atoms with Crippen LogP contribution in [0.1, 0.15) is 35.4 Å². The van der Waals surface area contributed by atoms with E-state index < -0.39 is 0 Å². The summed E-state index contributed by atoms with van der Waals surface area (Å²) in [5.41, 5.74) is 4.94. The van der Waals surface area contributed by atoms with Crippen molar-refractivity contribution in [2.24, 2.45) is 0 Å². The molecule has 0 aliphatic carbocycles. The van der Waals surface area contributed by atoms with Gasteiger partial charge in [-0.15, -0.1) is 0 Å². The number of rotatable bonds is 5. The molecule has 4 heteroatoms. The van der Waals surface area contributed by atoms with Crippen LogP contribution in [0.3, 0.4) is 0 Å². The number of halogens is 1. The van der Waals surface area contributed by atoms with E-state index in [1.54, 1.807) is 0 Å². The zero-order chi connectivity index (χ0) is 14.7. The van der Waals surface area contributed by atoms with Gasteiger partial charge in [0.2, 0.25) is 0 Å². The number of nitrogens with zero attached hydrogens (tertiary/aromatic N) is 2. The van der Waals surface area contributed by atoms with Gasteiger partial charge in [0.05, 0.1) is 12.2 Å². The third kappa shape index (κ3) is 3.22. The summed E-state index contributed by atoms with van der Waals surface area (Å²) in [6.07, 6.45) is 0. The lowest BCUT2D eigenvalue weighted by molar-refractivity contribution is 0.647. The lowest BCUT2D eigenvalue weighted by Gasteiger charge is -2.12. The fourth-order valence-electron chi connectivity index (χ4n) is 2.75. The third-order valence-electron chi connectivity index (χ3n) is 3.69. The Morgan fingerprint density at radius 2 is 1.90 bits per heavy atom. The number of aryl methyl sites for hydroxylation is 1. The van der Waals surface area contributed by atoms with E-state index in [1.807, 2.05) is 19.2 Å². The predicted molar refractivity (Wildman–Crippen MR) is 84.6 cm³/mol. The number of likely N-dealkylation sites (N-methyl/N-ethyl adjacent to an activating group) is 1. The second kappa shape index (κ2) is 6.42. The van der Waals surface area contributed by atoms with Crippen molar-refractivity contribution in [3.05, 3.63) is 51.8 Å². The Labute approximate surface area is 126 Å². The summed E-state index contributed by atoms with van der Waals surface area (Å²) in [7, 11) is 1.99. The summed E-state index contributed by atoms with van der Waals surface area (Å²) in [5.74, 6) is 0.471. The molecular formula is C16H22ClN3. The van der Waals surface area contributed by atoms with Crippen molar-refractivity contribution in [2.45, 2.75) is 33.2 Å². The van der Waals surface area contributed by atoms with Crippen LogP contribution in [0.15, 0.2) is 24.3 Å². The maximum atomic E-state index is 5.92. The van der Waals surface area contributed by atoms with Gasteiger partial charge in [-0.1, -0.05) is 30.7 Å². The normalized spacial score (nSPS) is 12.7. The molecule has 1 unspecified atom stereocenters. The molecule has 2 aromatic rings. The minimum absolute atomic E-state index is 0.471. The van der Waals surface area contributed by atoms with Crippen molar-refractivity contribution in [2.75, 3.05) is 13.6 Å². The molecule has 0 spiro atoms. The van der Waals surface area contributed by atoms with Crippen molar-refractivity contribution >= 4 is 11.6 Å². The van der Waals surface area contributed by atoms with Gasteiger partial charge in [0, 0.05) is 22.8 Å². The van der Waals surface area contributed by atoms with Gasteiger partial charge in [-0.25, -0.2) is 0 Å². The van der Waals surface area contributed by atoms with Crippen LogP contribution in [0.5, 0.6) is 0 Å². The lowest BCUT2D eigenvalue weighted by atomic mass is 9.99. The molecule has 1 aromatic heterocycles. The maximum Gasteiger partial charge on any atom is 0.0662 e. The molecular weight excluding hydrogens is 270 g/mol. The second-order valence-electron chi connectivity index (χ2n) is 5.33. The molecule has 1 heterocycles. The molecule has 0 saturated heterocycles. The minimum atomic E-state index is 0.471. The highest BCUT2D eigenvalue weighted by atomic mass is 35.5. The zero-order valence-electron chi connectivity index (χ0n) is 12.6. The van der Waals surface area contributed by atoms with Crippen LogP contribution in [0, 0.1) is 13.8 Å². The Morgan fingerprint density at radius 3 is 2.50 bits per heavy atom. The maximum absolute atomic E-state index is 5.92. The van der Waals surface area contributed by atoms with E-state index in [1.165, 1.54) is 16.8 Å². The Balaban J connectivity index is 2.25. The molecule has 0 aliphatic rings. The van der Waals surface area contributed by atoms with Crippen LogP contribution in [0.25, 0.3) is 0 Å². The zero-order valence-corrected chi connectivity index (χ0v) is 13.3. The number of hydrogen-bond acceptors (Lipinski definition) is 2. The van der Waals surface area contributed by atoms with Gasteiger partial charge < -0.3 is 5.32 Å². The lowest BCUT2D eigenvalue weighted by Crippen LogP contribution is -2.16. The van der Waals surface area contributed by atoms with Crippen molar-refractivity contribution in [3.8, 4) is 0 Å². The highest BCUT2D eigenvalue weighted by molar-refractivity contribution is 6.30. The van der Waals surface area contributed by atoms with Crippen LogP contribution in [0.4, 0.5) is 0 Å². The van der Waals surface area contributed by atoms with E-state index >= 15 is 0 Å². The Morgan fingerprint density at radius 1 is 1.25 bits per heavy atom. The summed E-state index contributed by atoms with van der Waals surface area (Å²) in [4.78, 5) is 0. The van der Waals surface area contributed by atoms with Gasteiger partial charge in [-0.05, 0) is 44.5 Å². The first-order chi connectivity index (χ1) is 9.52. The number of benzene rings is 1. The van der Waals surface area contributed by atoms with Crippen LogP contribution in [-0.4, -0.2) is 23.4 Å². The van der Waals surface area contributed by atoms with Crippen molar-refractivity contribution < 1.29 is 0 Å². The van der Waals surface area contributed by atoms with Crippen LogP contribution in [-0.2, 0) is 6.54 Å². The molecule has 20 heavy (non-hydrogen) atoms. The number of hydrogen-bond donors (Lipinski definition) is 1. The van der Waals surface area contributed by atoms with Crippen molar-refractivity contribution in [1.29, 1.82) is 0 Å². The summed E-state index contributed by atoms with van der Waals surface area (Å²) in [6.45, 7) is 8.23. The van der Waals surface area contributed by atoms with E-state index in [-0.39, 0.29) is 0 Å². The van der Waals surface area contributed by atoms with E-state index in [0.717, 1.165) is 23.8 Å². The topological polar surface area (TPSA) is 29.9 Å². The molecule has 0 fully saturated rings.